The van der Waals surface area contributed by atoms with Gasteiger partial charge in [-0.3, -0.25) is 14.5 Å². The maximum absolute atomic E-state index is 12.6. The number of hydrogen-bond acceptors (Lipinski definition) is 4. The molecule has 1 fully saturated rings. The molecule has 2 aliphatic rings. The molecule has 0 N–H and O–H groups in total. The second-order valence-electron chi connectivity index (χ2n) is 5.75. The summed E-state index contributed by atoms with van der Waals surface area (Å²) in [5, 5.41) is -0.0276. The van der Waals surface area contributed by atoms with E-state index in [0.29, 0.717) is 0 Å². The number of fused-ring (bicyclic) bond motifs is 1. The zero-order valence-corrected chi connectivity index (χ0v) is 13.7. The number of amides is 2. The third-order valence-corrected chi connectivity index (χ3v) is 5.92. The van der Waals surface area contributed by atoms with E-state index in [1.807, 2.05) is 43.3 Å². The van der Waals surface area contributed by atoms with Crippen molar-refractivity contribution < 1.29 is 14.3 Å². The summed E-state index contributed by atoms with van der Waals surface area (Å²) in [5.74, 6) is -0.993. The number of imide groups is 1. The molecule has 2 amide bonds. The summed E-state index contributed by atoms with van der Waals surface area (Å²) < 4.78 is 5.46. The summed E-state index contributed by atoms with van der Waals surface area (Å²) in [7, 11) is 3.15. The van der Waals surface area contributed by atoms with Crippen molar-refractivity contribution in [2.75, 3.05) is 14.2 Å². The molecule has 1 aliphatic heterocycles. The highest BCUT2D eigenvalue weighted by molar-refractivity contribution is 8.00. The van der Waals surface area contributed by atoms with Crippen LogP contribution in [0.25, 0.3) is 0 Å². The number of nitrogens with zero attached hydrogens (tertiary/aromatic N) is 1. The minimum absolute atomic E-state index is 0.0276. The molecule has 0 saturated carbocycles. The van der Waals surface area contributed by atoms with Crippen molar-refractivity contribution in [2.45, 2.75) is 23.2 Å². The first-order chi connectivity index (χ1) is 10.5. The predicted octanol–water partition coefficient (Wildman–Crippen LogP) is 2.35. The Morgan fingerprint density at radius 2 is 1.73 bits per heavy atom. The van der Waals surface area contributed by atoms with Gasteiger partial charge in [0.2, 0.25) is 11.8 Å². The molecule has 1 heterocycles. The first-order valence-corrected chi connectivity index (χ1v) is 8.16. The lowest BCUT2D eigenvalue weighted by atomic mass is 9.79. The van der Waals surface area contributed by atoms with Gasteiger partial charge in [0.25, 0.3) is 0 Å². The molecule has 0 bridgehead atoms. The van der Waals surface area contributed by atoms with E-state index in [9.17, 15) is 9.59 Å². The van der Waals surface area contributed by atoms with Crippen LogP contribution < -0.4 is 0 Å². The molecule has 1 aromatic rings. The van der Waals surface area contributed by atoms with Gasteiger partial charge in [-0.25, -0.2) is 0 Å². The van der Waals surface area contributed by atoms with Crippen molar-refractivity contribution in [1.29, 1.82) is 0 Å². The van der Waals surface area contributed by atoms with Crippen molar-refractivity contribution in [3.63, 3.8) is 0 Å². The van der Waals surface area contributed by atoms with Crippen LogP contribution in [0.1, 0.15) is 6.92 Å². The molecule has 0 aromatic heterocycles. The Bertz CT molecular complexity index is 628. The highest BCUT2D eigenvalue weighted by Gasteiger charge is 2.55. The summed E-state index contributed by atoms with van der Waals surface area (Å²) in [5.41, 5.74) is 1.10. The van der Waals surface area contributed by atoms with Gasteiger partial charge in [0, 0.05) is 24.3 Å². The number of ether oxygens (including phenoxy) is 1. The van der Waals surface area contributed by atoms with Crippen LogP contribution in [0.5, 0.6) is 0 Å². The average molecular weight is 317 g/mol. The number of methoxy groups -OCH3 is 1. The molecule has 3 rings (SSSR count). The molecule has 1 aliphatic carbocycles. The zero-order valence-electron chi connectivity index (χ0n) is 12.9. The number of hydrogen-bond donors (Lipinski definition) is 0. The Hall–Kier alpha value is -1.59. The van der Waals surface area contributed by atoms with Crippen molar-refractivity contribution in [1.82, 2.24) is 4.90 Å². The van der Waals surface area contributed by atoms with Crippen LogP contribution in [-0.2, 0) is 14.3 Å². The van der Waals surface area contributed by atoms with E-state index in [2.05, 4.69) is 0 Å². The molecule has 5 heteroatoms. The fourth-order valence-corrected chi connectivity index (χ4v) is 4.60. The Labute approximate surface area is 134 Å². The van der Waals surface area contributed by atoms with Crippen LogP contribution in [0.2, 0.25) is 0 Å². The van der Waals surface area contributed by atoms with Crippen molar-refractivity contribution >= 4 is 23.6 Å². The number of benzene rings is 1. The lowest BCUT2D eigenvalue weighted by Crippen LogP contribution is -2.41. The SMILES string of the molecule is CO[C@@H]1C=C(C)[C@H](Sc2ccccc2)[C@@H]2C(=O)N(C)C(=O)[C@@H]21. The minimum atomic E-state index is -0.410. The van der Waals surface area contributed by atoms with Crippen molar-refractivity contribution in [2.24, 2.45) is 11.8 Å². The van der Waals surface area contributed by atoms with E-state index < -0.39 is 5.92 Å². The smallest absolute Gasteiger partial charge is 0.235 e. The van der Waals surface area contributed by atoms with E-state index in [1.54, 1.807) is 25.9 Å². The fourth-order valence-electron chi connectivity index (χ4n) is 3.29. The van der Waals surface area contributed by atoms with E-state index in [1.165, 1.54) is 4.90 Å². The van der Waals surface area contributed by atoms with Gasteiger partial charge >= 0.3 is 0 Å². The average Bonchev–Trinajstić information content (AvgIpc) is 2.76. The van der Waals surface area contributed by atoms with Gasteiger partial charge in [-0.2, -0.15) is 0 Å². The molecular formula is C17H19NO3S. The van der Waals surface area contributed by atoms with E-state index in [4.69, 9.17) is 4.74 Å². The molecule has 116 valence electrons. The van der Waals surface area contributed by atoms with Gasteiger partial charge in [-0.15, -0.1) is 11.8 Å². The standard InChI is InChI=1S/C17H19NO3S/c1-10-9-12(21-3)13-14(17(20)18(2)16(13)19)15(10)22-11-7-5-4-6-8-11/h4-9,12-15H,1-3H3/t12-,13-,14-,15+/m1/s1. The highest BCUT2D eigenvalue weighted by atomic mass is 32.2. The third-order valence-electron chi connectivity index (χ3n) is 4.45. The largest absolute Gasteiger partial charge is 0.377 e. The lowest BCUT2D eigenvalue weighted by Gasteiger charge is -2.34. The van der Waals surface area contributed by atoms with E-state index >= 15 is 0 Å². The molecular weight excluding hydrogens is 298 g/mol. The quantitative estimate of drug-likeness (QED) is 0.634. The molecule has 0 radical (unpaired) electrons. The third kappa shape index (κ3) is 2.38. The molecule has 22 heavy (non-hydrogen) atoms. The van der Waals surface area contributed by atoms with Gasteiger partial charge < -0.3 is 4.74 Å². The number of rotatable bonds is 3. The Morgan fingerprint density at radius 3 is 2.36 bits per heavy atom. The van der Waals surface area contributed by atoms with Gasteiger partial charge in [0.1, 0.15) is 0 Å². The maximum Gasteiger partial charge on any atom is 0.235 e. The Balaban J connectivity index is 1.98. The molecule has 1 aromatic carbocycles. The van der Waals surface area contributed by atoms with Crippen LogP contribution in [0, 0.1) is 11.8 Å². The predicted molar refractivity (Wildman–Crippen MR) is 85.4 cm³/mol. The first-order valence-electron chi connectivity index (χ1n) is 7.29. The van der Waals surface area contributed by atoms with Crippen molar-refractivity contribution in [3.05, 3.63) is 42.0 Å². The normalized spacial score (nSPS) is 31.2. The van der Waals surface area contributed by atoms with Gasteiger partial charge in [0.05, 0.1) is 17.9 Å². The van der Waals surface area contributed by atoms with Crippen LogP contribution in [0.15, 0.2) is 46.9 Å². The molecule has 4 nitrogen and oxygen atoms in total. The second-order valence-corrected chi connectivity index (χ2v) is 6.96. The molecule has 4 atom stereocenters. The van der Waals surface area contributed by atoms with Crippen LogP contribution >= 0.6 is 11.8 Å². The second kappa shape index (κ2) is 5.89. The number of likely N-dealkylation sites (tertiary alicyclic amines) is 1. The van der Waals surface area contributed by atoms with Crippen LogP contribution in [-0.4, -0.2) is 42.2 Å². The highest BCUT2D eigenvalue weighted by Crippen LogP contribution is 2.45. The number of carbonyl (C=O) groups is 2. The maximum atomic E-state index is 12.6. The van der Waals surface area contributed by atoms with Gasteiger partial charge in [-0.05, 0) is 19.1 Å². The first kappa shape index (κ1) is 15.3. The summed E-state index contributed by atoms with van der Waals surface area (Å²) in [6.07, 6.45) is 1.67. The summed E-state index contributed by atoms with van der Waals surface area (Å²) in [6.45, 7) is 2.01. The Kier molecular flexibility index (Phi) is 4.10. The van der Waals surface area contributed by atoms with Gasteiger partial charge in [0.15, 0.2) is 0 Å². The summed E-state index contributed by atoms with van der Waals surface area (Å²) in [4.78, 5) is 27.3. The minimum Gasteiger partial charge on any atom is -0.377 e. The van der Waals surface area contributed by atoms with Crippen LogP contribution in [0.3, 0.4) is 0 Å². The Morgan fingerprint density at radius 1 is 1.09 bits per heavy atom. The molecule has 0 unspecified atom stereocenters. The van der Waals surface area contributed by atoms with Crippen molar-refractivity contribution in [3.8, 4) is 0 Å². The van der Waals surface area contributed by atoms with Crippen LogP contribution in [0.4, 0.5) is 0 Å². The number of thioether (sulfide) groups is 1. The topological polar surface area (TPSA) is 46.6 Å². The summed E-state index contributed by atoms with van der Waals surface area (Å²) >= 11 is 1.65. The number of carbonyl (C=O) groups excluding carboxylic acids is 2. The van der Waals surface area contributed by atoms with Gasteiger partial charge in [-0.1, -0.05) is 29.8 Å². The zero-order chi connectivity index (χ0) is 15.9. The molecule has 1 saturated heterocycles. The van der Waals surface area contributed by atoms with E-state index in [0.717, 1.165) is 10.5 Å². The monoisotopic (exact) mass is 317 g/mol. The lowest BCUT2D eigenvalue weighted by molar-refractivity contribution is -0.138. The fraction of sp³-hybridized carbons (Fsp3) is 0.412. The molecule has 0 spiro atoms. The summed E-state index contributed by atoms with van der Waals surface area (Å²) in [6, 6.07) is 9.98. The van der Waals surface area contributed by atoms with E-state index in [-0.39, 0.29) is 29.1 Å².